The van der Waals surface area contributed by atoms with Crippen molar-refractivity contribution in [2.75, 3.05) is 20.2 Å². The van der Waals surface area contributed by atoms with Gasteiger partial charge in [-0.1, -0.05) is 30.3 Å². The van der Waals surface area contributed by atoms with E-state index in [1.807, 2.05) is 29.9 Å². The number of carbonyl (C=O) groups excluding carboxylic acids is 1. The Morgan fingerprint density at radius 2 is 1.90 bits per heavy atom. The molecule has 0 unspecified atom stereocenters. The van der Waals surface area contributed by atoms with E-state index in [2.05, 4.69) is 17.2 Å². The molecule has 1 aromatic heterocycles. The van der Waals surface area contributed by atoms with Crippen molar-refractivity contribution in [2.45, 2.75) is 12.8 Å². The van der Waals surface area contributed by atoms with Crippen LogP contribution in [0.25, 0.3) is 11.3 Å². The Morgan fingerprint density at radius 1 is 1.19 bits per heavy atom. The van der Waals surface area contributed by atoms with Gasteiger partial charge in [-0.3, -0.25) is 4.68 Å². The van der Waals surface area contributed by atoms with E-state index in [4.69, 9.17) is 4.74 Å². The summed E-state index contributed by atoms with van der Waals surface area (Å²) in [6, 6.07) is 10.2. The average molecular weight is 285 g/mol. The number of ether oxygens (including phenoxy) is 1. The van der Waals surface area contributed by atoms with Crippen LogP contribution in [0.15, 0.2) is 30.3 Å². The summed E-state index contributed by atoms with van der Waals surface area (Å²) < 4.78 is 6.77. The van der Waals surface area contributed by atoms with E-state index < -0.39 is 0 Å². The predicted octanol–water partition coefficient (Wildman–Crippen LogP) is 2.25. The Morgan fingerprint density at radius 3 is 2.62 bits per heavy atom. The average Bonchev–Trinajstić information content (AvgIpc) is 2.71. The second-order valence-corrected chi connectivity index (χ2v) is 5.22. The van der Waals surface area contributed by atoms with Crippen LogP contribution in [0.3, 0.4) is 0 Å². The third-order valence-electron chi connectivity index (χ3n) is 4.01. The lowest BCUT2D eigenvalue weighted by Crippen LogP contribution is -2.33. The second kappa shape index (κ2) is 5.60. The highest BCUT2D eigenvalue weighted by atomic mass is 16.5. The molecule has 3 rings (SSSR count). The maximum atomic E-state index is 11.7. The first-order valence-corrected chi connectivity index (χ1v) is 7.13. The van der Waals surface area contributed by atoms with Crippen LogP contribution in [0.5, 0.6) is 0 Å². The van der Waals surface area contributed by atoms with Gasteiger partial charge < -0.3 is 9.64 Å². The molecule has 0 N–H and O–H groups in total. The van der Waals surface area contributed by atoms with Gasteiger partial charge >= 0.3 is 6.09 Å². The van der Waals surface area contributed by atoms with Crippen LogP contribution in [0.1, 0.15) is 11.3 Å². The minimum Gasteiger partial charge on any atom is -0.453 e. The highest BCUT2D eigenvalue weighted by Gasteiger charge is 2.24. The van der Waals surface area contributed by atoms with Crippen molar-refractivity contribution >= 4 is 6.09 Å². The van der Waals surface area contributed by atoms with Crippen LogP contribution in [-0.4, -0.2) is 41.0 Å². The predicted molar refractivity (Wildman–Crippen MR) is 80.0 cm³/mol. The number of benzene rings is 1. The van der Waals surface area contributed by atoms with E-state index >= 15 is 0 Å². The summed E-state index contributed by atoms with van der Waals surface area (Å²) in [6.45, 7) is 1.35. The van der Waals surface area contributed by atoms with Gasteiger partial charge in [0.05, 0.1) is 12.8 Å². The lowest BCUT2D eigenvalue weighted by molar-refractivity contribution is 0.125. The lowest BCUT2D eigenvalue weighted by Gasteiger charge is -2.18. The van der Waals surface area contributed by atoms with Crippen molar-refractivity contribution in [3.05, 3.63) is 41.6 Å². The van der Waals surface area contributed by atoms with Crippen molar-refractivity contribution in [1.82, 2.24) is 14.7 Å². The number of fused-ring (bicyclic) bond motifs is 1. The van der Waals surface area contributed by atoms with Crippen molar-refractivity contribution < 1.29 is 9.53 Å². The molecule has 0 atom stereocenters. The molecule has 0 radical (unpaired) electrons. The molecule has 2 aromatic rings. The molecule has 5 nitrogen and oxygen atoms in total. The van der Waals surface area contributed by atoms with Gasteiger partial charge in [-0.15, -0.1) is 0 Å². The molecule has 0 saturated carbocycles. The van der Waals surface area contributed by atoms with Gasteiger partial charge in [-0.2, -0.15) is 5.10 Å². The smallest absolute Gasteiger partial charge is 0.409 e. The van der Waals surface area contributed by atoms with Crippen LogP contribution >= 0.6 is 0 Å². The van der Waals surface area contributed by atoms with Gasteiger partial charge in [0.25, 0.3) is 0 Å². The minimum atomic E-state index is -0.253. The molecule has 0 bridgehead atoms. The SMILES string of the molecule is COC(=O)N1CCc2c(-c3ccccc3)nn(C)c2CC1. The number of hydrogen-bond donors (Lipinski definition) is 0. The number of rotatable bonds is 1. The second-order valence-electron chi connectivity index (χ2n) is 5.22. The molecule has 0 saturated heterocycles. The van der Waals surface area contributed by atoms with Gasteiger partial charge in [-0.25, -0.2) is 4.79 Å². The molecule has 2 heterocycles. The summed E-state index contributed by atoms with van der Waals surface area (Å²) in [6.07, 6.45) is 1.36. The van der Waals surface area contributed by atoms with Crippen LogP contribution in [0, 0.1) is 0 Å². The molecular formula is C16H19N3O2. The summed E-state index contributed by atoms with van der Waals surface area (Å²) in [4.78, 5) is 13.5. The third-order valence-corrected chi connectivity index (χ3v) is 4.01. The summed E-state index contributed by atoms with van der Waals surface area (Å²) in [7, 11) is 3.40. The fraction of sp³-hybridized carbons (Fsp3) is 0.375. The fourth-order valence-electron chi connectivity index (χ4n) is 2.92. The number of hydrogen-bond acceptors (Lipinski definition) is 3. The summed E-state index contributed by atoms with van der Waals surface area (Å²) in [5.41, 5.74) is 4.61. The van der Waals surface area contributed by atoms with Crippen LogP contribution in [0.4, 0.5) is 4.79 Å². The number of nitrogens with zero attached hydrogens (tertiary/aromatic N) is 3. The largest absolute Gasteiger partial charge is 0.453 e. The third kappa shape index (κ3) is 2.51. The van der Waals surface area contributed by atoms with Crippen molar-refractivity contribution in [1.29, 1.82) is 0 Å². The van der Waals surface area contributed by atoms with Crippen LogP contribution < -0.4 is 0 Å². The van der Waals surface area contributed by atoms with E-state index in [1.54, 1.807) is 4.90 Å². The van der Waals surface area contributed by atoms with Gasteiger partial charge in [-0.05, 0) is 6.42 Å². The van der Waals surface area contributed by atoms with Crippen molar-refractivity contribution in [3.63, 3.8) is 0 Å². The number of aromatic nitrogens is 2. The van der Waals surface area contributed by atoms with E-state index in [0.29, 0.717) is 13.1 Å². The molecule has 0 fully saturated rings. The Kier molecular flexibility index (Phi) is 3.64. The first kappa shape index (κ1) is 13.7. The minimum absolute atomic E-state index is 0.253. The number of amides is 1. The van der Waals surface area contributed by atoms with E-state index in [0.717, 1.165) is 24.1 Å². The number of methoxy groups -OCH3 is 1. The van der Waals surface area contributed by atoms with Gasteiger partial charge in [0.1, 0.15) is 0 Å². The maximum absolute atomic E-state index is 11.7. The molecule has 1 aliphatic rings. The highest BCUT2D eigenvalue weighted by Crippen LogP contribution is 2.27. The Balaban J connectivity index is 1.94. The van der Waals surface area contributed by atoms with E-state index in [-0.39, 0.29) is 6.09 Å². The quantitative estimate of drug-likeness (QED) is 0.807. The van der Waals surface area contributed by atoms with Gasteiger partial charge in [0.2, 0.25) is 0 Å². The molecule has 0 aliphatic carbocycles. The zero-order valence-corrected chi connectivity index (χ0v) is 12.4. The van der Waals surface area contributed by atoms with Crippen LogP contribution in [0.2, 0.25) is 0 Å². The Bertz CT molecular complexity index is 649. The topological polar surface area (TPSA) is 47.4 Å². The van der Waals surface area contributed by atoms with Crippen molar-refractivity contribution in [3.8, 4) is 11.3 Å². The highest BCUT2D eigenvalue weighted by molar-refractivity contribution is 5.68. The van der Waals surface area contributed by atoms with Gasteiger partial charge in [0.15, 0.2) is 0 Å². The maximum Gasteiger partial charge on any atom is 0.409 e. The number of aryl methyl sites for hydroxylation is 1. The molecule has 0 spiro atoms. The summed E-state index contributed by atoms with van der Waals surface area (Å²) >= 11 is 0. The van der Waals surface area contributed by atoms with Crippen molar-refractivity contribution in [2.24, 2.45) is 7.05 Å². The number of carbonyl (C=O) groups is 1. The monoisotopic (exact) mass is 285 g/mol. The molecule has 1 aliphatic heterocycles. The fourth-order valence-corrected chi connectivity index (χ4v) is 2.92. The molecule has 21 heavy (non-hydrogen) atoms. The lowest BCUT2D eigenvalue weighted by atomic mass is 10.0. The standard InChI is InChI=1S/C16H19N3O2/c1-18-14-9-11-19(16(20)21-2)10-8-13(14)15(17-18)12-6-4-3-5-7-12/h3-7H,8-11H2,1-2H3. The van der Waals surface area contributed by atoms with E-state index in [9.17, 15) is 4.79 Å². The van der Waals surface area contributed by atoms with Crippen LogP contribution in [-0.2, 0) is 24.6 Å². The first-order chi connectivity index (χ1) is 10.2. The van der Waals surface area contributed by atoms with Gasteiger partial charge in [0, 0.05) is 43.4 Å². The molecular weight excluding hydrogens is 266 g/mol. The first-order valence-electron chi connectivity index (χ1n) is 7.13. The zero-order valence-electron chi connectivity index (χ0n) is 12.4. The normalized spacial score (nSPS) is 14.5. The van der Waals surface area contributed by atoms with E-state index in [1.165, 1.54) is 18.4 Å². The Labute approximate surface area is 124 Å². The summed E-state index contributed by atoms with van der Waals surface area (Å²) in [5, 5.41) is 4.68. The molecule has 1 aromatic carbocycles. The zero-order chi connectivity index (χ0) is 14.8. The summed E-state index contributed by atoms with van der Waals surface area (Å²) in [5.74, 6) is 0. The Hall–Kier alpha value is -2.30. The molecule has 1 amide bonds. The molecule has 110 valence electrons. The molecule has 5 heteroatoms.